The van der Waals surface area contributed by atoms with Crippen LogP contribution < -0.4 is 4.90 Å². The van der Waals surface area contributed by atoms with Crippen molar-refractivity contribution < 1.29 is 14.0 Å². The number of carbonyl (C=O) groups is 2. The van der Waals surface area contributed by atoms with Crippen molar-refractivity contribution in [1.82, 2.24) is 0 Å². The fourth-order valence-corrected chi connectivity index (χ4v) is 3.30. The SMILES string of the molecule is CC(C)(C)[Si](C)(C)OCCN1C(=O)C(=O)Cc2ccccc21. The summed E-state index contributed by atoms with van der Waals surface area (Å²) < 4.78 is 6.13. The number of Topliss-reactive ketones (excluding diaryl/α,β-unsaturated/α-hetero) is 1. The Morgan fingerprint density at radius 2 is 1.82 bits per heavy atom. The predicted molar refractivity (Wildman–Crippen MR) is 90.7 cm³/mol. The molecule has 0 aliphatic carbocycles. The summed E-state index contributed by atoms with van der Waals surface area (Å²) in [6, 6.07) is 7.59. The van der Waals surface area contributed by atoms with E-state index in [9.17, 15) is 9.59 Å². The third-order valence-electron chi connectivity index (χ3n) is 4.70. The first kappa shape index (κ1) is 16.9. The lowest BCUT2D eigenvalue weighted by Gasteiger charge is -2.37. The van der Waals surface area contributed by atoms with Gasteiger partial charge in [-0.3, -0.25) is 9.59 Å². The second-order valence-electron chi connectivity index (χ2n) is 7.29. The Kier molecular flexibility index (Phi) is 4.59. The second kappa shape index (κ2) is 5.97. The summed E-state index contributed by atoms with van der Waals surface area (Å²) in [4.78, 5) is 25.6. The molecule has 1 aromatic carbocycles. The second-order valence-corrected chi connectivity index (χ2v) is 12.1. The number of nitrogens with zero attached hydrogens (tertiary/aromatic N) is 1. The number of carbonyl (C=O) groups excluding carboxylic acids is 2. The van der Waals surface area contributed by atoms with Crippen LogP contribution in [0.1, 0.15) is 26.3 Å². The van der Waals surface area contributed by atoms with Crippen LogP contribution >= 0.6 is 0 Å². The van der Waals surface area contributed by atoms with Gasteiger partial charge >= 0.3 is 0 Å². The molecule has 5 heteroatoms. The van der Waals surface area contributed by atoms with Gasteiger partial charge in [0, 0.05) is 18.7 Å². The van der Waals surface area contributed by atoms with Crippen molar-refractivity contribution in [2.75, 3.05) is 18.1 Å². The Morgan fingerprint density at radius 3 is 2.45 bits per heavy atom. The lowest BCUT2D eigenvalue weighted by atomic mass is 10.0. The van der Waals surface area contributed by atoms with Crippen molar-refractivity contribution >= 4 is 25.7 Å². The molecule has 1 heterocycles. The van der Waals surface area contributed by atoms with Crippen molar-refractivity contribution in [1.29, 1.82) is 0 Å². The van der Waals surface area contributed by atoms with Crippen LogP contribution in [-0.4, -0.2) is 33.2 Å². The Hall–Kier alpha value is -1.46. The largest absolute Gasteiger partial charge is 0.415 e. The molecule has 0 spiro atoms. The average Bonchev–Trinajstić information content (AvgIpc) is 2.41. The van der Waals surface area contributed by atoms with Gasteiger partial charge in [0.1, 0.15) is 0 Å². The molecule has 0 unspecified atom stereocenters. The standard InChI is InChI=1S/C17H25NO3Si/c1-17(2,3)22(4,5)21-11-10-18-14-9-7-6-8-13(14)12-15(19)16(18)20/h6-9H,10-12H2,1-5H3. The van der Waals surface area contributed by atoms with Gasteiger partial charge in [-0.1, -0.05) is 39.0 Å². The molecule has 120 valence electrons. The van der Waals surface area contributed by atoms with Gasteiger partial charge in [0.15, 0.2) is 8.32 Å². The molecule has 0 N–H and O–H groups in total. The number of benzene rings is 1. The number of ketones is 1. The summed E-state index contributed by atoms with van der Waals surface area (Å²) in [6.45, 7) is 11.8. The third-order valence-corrected chi connectivity index (χ3v) is 9.24. The van der Waals surface area contributed by atoms with E-state index in [1.54, 1.807) is 4.90 Å². The number of rotatable bonds is 4. The van der Waals surface area contributed by atoms with Gasteiger partial charge in [0.25, 0.3) is 5.91 Å². The van der Waals surface area contributed by atoms with Crippen molar-refractivity contribution in [3.8, 4) is 0 Å². The maximum atomic E-state index is 12.2. The van der Waals surface area contributed by atoms with Crippen LogP contribution in [0.4, 0.5) is 5.69 Å². The number of fused-ring (bicyclic) bond motifs is 1. The smallest absolute Gasteiger partial charge is 0.294 e. The van der Waals surface area contributed by atoms with Gasteiger partial charge in [-0.15, -0.1) is 0 Å². The van der Waals surface area contributed by atoms with E-state index in [1.807, 2.05) is 24.3 Å². The van der Waals surface area contributed by atoms with Crippen molar-refractivity contribution in [2.24, 2.45) is 0 Å². The number of hydrogen-bond acceptors (Lipinski definition) is 3. The molecule has 1 aromatic rings. The Labute approximate surface area is 133 Å². The van der Waals surface area contributed by atoms with Crippen LogP contribution in [0.25, 0.3) is 0 Å². The molecule has 1 aliphatic heterocycles. The van der Waals surface area contributed by atoms with Gasteiger partial charge in [0.05, 0.1) is 6.61 Å². The monoisotopic (exact) mass is 319 g/mol. The molecule has 4 nitrogen and oxygen atoms in total. The van der Waals surface area contributed by atoms with E-state index in [0.29, 0.717) is 13.2 Å². The van der Waals surface area contributed by atoms with Gasteiger partial charge in [-0.25, -0.2) is 0 Å². The van der Waals surface area contributed by atoms with E-state index in [2.05, 4.69) is 33.9 Å². The minimum Gasteiger partial charge on any atom is -0.415 e. The summed E-state index contributed by atoms with van der Waals surface area (Å²) in [5.41, 5.74) is 1.75. The fraction of sp³-hybridized carbons (Fsp3) is 0.529. The molecule has 0 aromatic heterocycles. The molecule has 0 saturated heterocycles. The minimum atomic E-state index is -1.84. The molecule has 0 bridgehead atoms. The van der Waals surface area contributed by atoms with Gasteiger partial charge < -0.3 is 9.33 Å². The van der Waals surface area contributed by atoms with E-state index >= 15 is 0 Å². The lowest BCUT2D eigenvalue weighted by molar-refractivity contribution is -0.136. The van der Waals surface area contributed by atoms with Crippen molar-refractivity contribution in [2.45, 2.75) is 45.3 Å². The third kappa shape index (κ3) is 3.30. The molecule has 22 heavy (non-hydrogen) atoms. The average molecular weight is 319 g/mol. The summed E-state index contributed by atoms with van der Waals surface area (Å²) in [7, 11) is -1.84. The van der Waals surface area contributed by atoms with E-state index in [4.69, 9.17) is 4.43 Å². The highest BCUT2D eigenvalue weighted by Crippen LogP contribution is 2.36. The maximum absolute atomic E-state index is 12.2. The molecule has 0 saturated carbocycles. The minimum absolute atomic E-state index is 0.132. The predicted octanol–water partition coefficient (Wildman–Crippen LogP) is 3.17. The zero-order valence-electron chi connectivity index (χ0n) is 14.1. The molecular formula is C17H25NO3Si. The van der Waals surface area contributed by atoms with Crippen LogP contribution in [0.2, 0.25) is 18.1 Å². The van der Waals surface area contributed by atoms with Gasteiger partial charge in [-0.05, 0) is 29.8 Å². The normalized spacial score (nSPS) is 16.0. The van der Waals surface area contributed by atoms with Crippen LogP contribution in [0.5, 0.6) is 0 Å². The molecule has 0 atom stereocenters. The van der Waals surface area contributed by atoms with Crippen molar-refractivity contribution in [3.05, 3.63) is 29.8 Å². The summed E-state index contributed by atoms with van der Waals surface area (Å²) >= 11 is 0. The Bertz CT molecular complexity index is 590. The van der Waals surface area contributed by atoms with E-state index < -0.39 is 14.2 Å². The van der Waals surface area contributed by atoms with Crippen LogP contribution in [-0.2, 0) is 20.4 Å². The van der Waals surface area contributed by atoms with Crippen LogP contribution in [0.3, 0.4) is 0 Å². The Morgan fingerprint density at radius 1 is 1.18 bits per heavy atom. The topological polar surface area (TPSA) is 46.6 Å². The van der Waals surface area contributed by atoms with Gasteiger partial charge in [0.2, 0.25) is 5.78 Å². The zero-order valence-corrected chi connectivity index (χ0v) is 15.1. The van der Waals surface area contributed by atoms with E-state index in [-0.39, 0.29) is 17.2 Å². The number of anilines is 1. The number of hydrogen-bond donors (Lipinski definition) is 0. The maximum Gasteiger partial charge on any atom is 0.294 e. The summed E-state index contributed by atoms with van der Waals surface area (Å²) in [6.07, 6.45) is 0.203. The lowest BCUT2D eigenvalue weighted by Crippen LogP contribution is -2.46. The van der Waals surface area contributed by atoms with E-state index in [0.717, 1.165) is 11.3 Å². The number of amides is 1. The highest BCUT2D eigenvalue weighted by molar-refractivity contribution is 6.74. The zero-order chi connectivity index (χ0) is 16.5. The molecule has 2 rings (SSSR count). The molecule has 0 radical (unpaired) electrons. The first-order chi connectivity index (χ1) is 10.1. The van der Waals surface area contributed by atoms with Crippen LogP contribution in [0, 0.1) is 0 Å². The summed E-state index contributed by atoms with van der Waals surface area (Å²) in [5.74, 6) is -0.761. The highest BCUT2D eigenvalue weighted by Gasteiger charge is 2.37. The quantitative estimate of drug-likeness (QED) is 0.632. The van der Waals surface area contributed by atoms with Gasteiger partial charge in [-0.2, -0.15) is 0 Å². The van der Waals surface area contributed by atoms with Crippen LogP contribution in [0.15, 0.2) is 24.3 Å². The highest BCUT2D eigenvalue weighted by atomic mass is 28.4. The first-order valence-corrected chi connectivity index (χ1v) is 10.6. The first-order valence-electron chi connectivity index (χ1n) is 7.70. The molecular weight excluding hydrogens is 294 g/mol. The fourth-order valence-electron chi connectivity index (χ4n) is 2.26. The summed E-state index contributed by atoms with van der Waals surface area (Å²) in [5, 5.41) is 0.132. The number of para-hydroxylation sites is 1. The van der Waals surface area contributed by atoms with Crippen molar-refractivity contribution in [3.63, 3.8) is 0 Å². The molecule has 1 amide bonds. The molecule has 0 fully saturated rings. The Balaban J connectivity index is 2.10. The van der Waals surface area contributed by atoms with E-state index in [1.165, 1.54) is 0 Å². The molecule has 1 aliphatic rings.